The molecule has 1 fully saturated rings. The van der Waals surface area contributed by atoms with Crippen LogP contribution in [0.5, 0.6) is 0 Å². The molecule has 4 heteroatoms. The summed E-state index contributed by atoms with van der Waals surface area (Å²) in [5, 5.41) is 3.30. The van der Waals surface area contributed by atoms with E-state index in [0.717, 1.165) is 24.3 Å². The smallest absolute Gasteiger partial charge is 0.129 e. The van der Waals surface area contributed by atoms with E-state index < -0.39 is 0 Å². The van der Waals surface area contributed by atoms with E-state index in [1.807, 2.05) is 6.07 Å². The minimum absolute atomic E-state index is 0.134. The van der Waals surface area contributed by atoms with Gasteiger partial charge in [0, 0.05) is 36.9 Å². The normalized spacial score (nSPS) is 20.1. The molecule has 1 aliphatic rings. The van der Waals surface area contributed by atoms with Gasteiger partial charge in [-0.15, -0.1) is 0 Å². The summed E-state index contributed by atoms with van der Waals surface area (Å²) in [6, 6.07) is 5.66. The molecule has 0 aromatic heterocycles. The molecule has 1 aromatic carbocycles. The second-order valence-corrected chi connectivity index (χ2v) is 5.40. The third-order valence-electron chi connectivity index (χ3n) is 3.36. The molecule has 0 saturated carbocycles. The lowest BCUT2D eigenvalue weighted by molar-refractivity contribution is 0.0531. The Morgan fingerprint density at radius 3 is 2.95 bits per heavy atom. The van der Waals surface area contributed by atoms with Crippen molar-refractivity contribution in [1.29, 1.82) is 0 Å². The van der Waals surface area contributed by atoms with Crippen molar-refractivity contribution in [2.45, 2.75) is 39.5 Å². The van der Waals surface area contributed by atoms with Crippen LogP contribution in [0, 0.1) is 5.82 Å². The molecule has 1 atom stereocenters. The zero-order valence-electron chi connectivity index (χ0n) is 11.9. The molecule has 0 aliphatic carbocycles. The van der Waals surface area contributed by atoms with Crippen LogP contribution in [0.4, 0.5) is 10.1 Å². The van der Waals surface area contributed by atoms with Crippen molar-refractivity contribution in [3.63, 3.8) is 0 Å². The van der Waals surface area contributed by atoms with Gasteiger partial charge >= 0.3 is 0 Å². The maximum Gasteiger partial charge on any atom is 0.129 e. The van der Waals surface area contributed by atoms with Gasteiger partial charge in [-0.1, -0.05) is 19.9 Å². The van der Waals surface area contributed by atoms with Gasteiger partial charge in [0.05, 0.1) is 12.7 Å². The zero-order valence-corrected chi connectivity index (χ0v) is 11.9. The van der Waals surface area contributed by atoms with Crippen molar-refractivity contribution >= 4 is 5.69 Å². The molecule has 1 unspecified atom stereocenters. The molecule has 0 bridgehead atoms. The molecule has 0 amide bonds. The van der Waals surface area contributed by atoms with Gasteiger partial charge in [0.1, 0.15) is 5.82 Å². The van der Waals surface area contributed by atoms with E-state index in [-0.39, 0.29) is 11.9 Å². The Balaban J connectivity index is 2.20. The fraction of sp³-hybridized carbons (Fsp3) is 0.600. The van der Waals surface area contributed by atoms with E-state index in [1.54, 1.807) is 6.07 Å². The highest BCUT2D eigenvalue weighted by Gasteiger charge is 2.20. The zero-order chi connectivity index (χ0) is 13.8. The van der Waals surface area contributed by atoms with Gasteiger partial charge in [0.25, 0.3) is 0 Å². The first-order valence-corrected chi connectivity index (χ1v) is 6.95. The first kappa shape index (κ1) is 14.3. The van der Waals surface area contributed by atoms with Gasteiger partial charge < -0.3 is 15.0 Å². The van der Waals surface area contributed by atoms with Crippen LogP contribution in [0.15, 0.2) is 18.2 Å². The largest absolute Gasteiger partial charge is 0.375 e. The fourth-order valence-corrected chi connectivity index (χ4v) is 2.36. The van der Waals surface area contributed by atoms with Crippen LogP contribution in [0.1, 0.15) is 26.3 Å². The Morgan fingerprint density at radius 2 is 2.26 bits per heavy atom. The lowest BCUT2D eigenvalue weighted by Gasteiger charge is -2.34. The number of halogens is 1. The molecule has 19 heavy (non-hydrogen) atoms. The van der Waals surface area contributed by atoms with Gasteiger partial charge in [-0.3, -0.25) is 0 Å². The minimum Gasteiger partial charge on any atom is -0.375 e. The SMILES string of the molecule is CC(C)NCc1c(F)cccc1N1CCOC(C)C1. The highest BCUT2D eigenvalue weighted by atomic mass is 19.1. The van der Waals surface area contributed by atoms with E-state index in [0.29, 0.717) is 19.2 Å². The van der Waals surface area contributed by atoms with Gasteiger partial charge in [-0.2, -0.15) is 0 Å². The Morgan fingerprint density at radius 1 is 1.47 bits per heavy atom. The molecule has 1 aromatic rings. The van der Waals surface area contributed by atoms with Crippen molar-refractivity contribution in [2.75, 3.05) is 24.6 Å². The van der Waals surface area contributed by atoms with Crippen molar-refractivity contribution in [2.24, 2.45) is 0 Å². The van der Waals surface area contributed by atoms with E-state index in [2.05, 4.69) is 31.0 Å². The average molecular weight is 266 g/mol. The molecule has 1 N–H and O–H groups in total. The number of morpholine rings is 1. The summed E-state index contributed by atoms with van der Waals surface area (Å²) in [5.41, 5.74) is 1.74. The van der Waals surface area contributed by atoms with Gasteiger partial charge in [0.15, 0.2) is 0 Å². The highest BCUT2D eigenvalue weighted by molar-refractivity contribution is 5.54. The summed E-state index contributed by atoms with van der Waals surface area (Å²) < 4.78 is 19.6. The van der Waals surface area contributed by atoms with Crippen LogP contribution in [0.25, 0.3) is 0 Å². The number of nitrogens with one attached hydrogen (secondary N) is 1. The number of hydrogen-bond acceptors (Lipinski definition) is 3. The van der Waals surface area contributed by atoms with Crippen LogP contribution < -0.4 is 10.2 Å². The van der Waals surface area contributed by atoms with Crippen molar-refractivity contribution in [1.82, 2.24) is 5.32 Å². The number of ether oxygens (including phenoxy) is 1. The summed E-state index contributed by atoms with van der Waals surface area (Å²) in [6.07, 6.45) is 0.197. The Bertz CT molecular complexity index is 423. The Labute approximate surface area is 114 Å². The lowest BCUT2D eigenvalue weighted by atomic mass is 10.1. The molecular weight excluding hydrogens is 243 g/mol. The number of rotatable bonds is 4. The maximum atomic E-state index is 14.1. The Hall–Kier alpha value is -1.13. The predicted molar refractivity (Wildman–Crippen MR) is 76.0 cm³/mol. The van der Waals surface area contributed by atoms with Crippen LogP contribution in [0.2, 0.25) is 0 Å². The number of hydrogen-bond donors (Lipinski definition) is 1. The number of benzene rings is 1. The average Bonchev–Trinajstić information content (AvgIpc) is 2.37. The molecule has 1 aliphatic heterocycles. The molecule has 0 radical (unpaired) electrons. The second kappa shape index (κ2) is 6.35. The summed E-state index contributed by atoms with van der Waals surface area (Å²) in [7, 11) is 0. The van der Waals surface area contributed by atoms with Crippen molar-refractivity contribution in [3.05, 3.63) is 29.6 Å². The summed E-state index contributed by atoms with van der Waals surface area (Å²) in [6.45, 7) is 9.09. The van der Waals surface area contributed by atoms with Gasteiger partial charge in [-0.05, 0) is 19.1 Å². The molecule has 1 heterocycles. The quantitative estimate of drug-likeness (QED) is 0.906. The predicted octanol–water partition coefficient (Wildman–Crippen LogP) is 2.55. The molecular formula is C15H23FN2O. The minimum atomic E-state index is -0.134. The van der Waals surface area contributed by atoms with E-state index in [9.17, 15) is 4.39 Å². The molecule has 106 valence electrons. The maximum absolute atomic E-state index is 14.1. The van der Waals surface area contributed by atoms with Crippen LogP contribution in [0.3, 0.4) is 0 Å². The van der Waals surface area contributed by atoms with Gasteiger partial charge in [-0.25, -0.2) is 4.39 Å². The topological polar surface area (TPSA) is 24.5 Å². The lowest BCUT2D eigenvalue weighted by Crippen LogP contribution is -2.42. The Kier molecular flexibility index (Phi) is 4.77. The third kappa shape index (κ3) is 3.67. The number of nitrogens with zero attached hydrogens (tertiary/aromatic N) is 1. The van der Waals surface area contributed by atoms with Crippen LogP contribution >= 0.6 is 0 Å². The van der Waals surface area contributed by atoms with E-state index in [1.165, 1.54) is 6.07 Å². The van der Waals surface area contributed by atoms with Crippen LogP contribution in [-0.2, 0) is 11.3 Å². The summed E-state index contributed by atoms with van der Waals surface area (Å²) in [4.78, 5) is 2.22. The highest BCUT2D eigenvalue weighted by Crippen LogP contribution is 2.25. The summed E-state index contributed by atoms with van der Waals surface area (Å²) in [5.74, 6) is -0.134. The fourth-order valence-electron chi connectivity index (χ4n) is 2.36. The monoisotopic (exact) mass is 266 g/mol. The third-order valence-corrected chi connectivity index (χ3v) is 3.36. The molecule has 3 nitrogen and oxygen atoms in total. The first-order valence-electron chi connectivity index (χ1n) is 6.95. The van der Waals surface area contributed by atoms with Crippen molar-refractivity contribution in [3.8, 4) is 0 Å². The summed E-state index contributed by atoms with van der Waals surface area (Å²) >= 11 is 0. The molecule has 0 spiro atoms. The van der Waals surface area contributed by atoms with Crippen molar-refractivity contribution < 1.29 is 9.13 Å². The standard InChI is InChI=1S/C15H23FN2O/c1-11(2)17-9-13-14(16)5-4-6-15(13)18-7-8-19-12(3)10-18/h4-6,11-12,17H,7-10H2,1-3H3. The van der Waals surface area contributed by atoms with Crippen LogP contribution in [-0.4, -0.2) is 31.8 Å². The van der Waals surface area contributed by atoms with Gasteiger partial charge in [0.2, 0.25) is 0 Å². The molecule has 1 saturated heterocycles. The van der Waals surface area contributed by atoms with E-state index in [4.69, 9.17) is 4.74 Å². The second-order valence-electron chi connectivity index (χ2n) is 5.40. The molecule has 2 rings (SSSR count). The first-order chi connectivity index (χ1) is 9.08. The van der Waals surface area contributed by atoms with E-state index >= 15 is 0 Å². The number of anilines is 1.